The smallest absolute Gasteiger partial charge is 0.150 e. The predicted octanol–water partition coefficient (Wildman–Crippen LogP) is 2.12. The molecule has 1 aliphatic rings. The van der Waals surface area contributed by atoms with Crippen LogP contribution in [0.2, 0.25) is 0 Å². The Morgan fingerprint density at radius 1 is 1.14 bits per heavy atom. The summed E-state index contributed by atoms with van der Waals surface area (Å²) in [6.45, 7) is 0. The van der Waals surface area contributed by atoms with Gasteiger partial charge in [0.15, 0.2) is 11.6 Å². The van der Waals surface area contributed by atoms with E-state index in [0.717, 1.165) is 25.2 Å². The Morgan fingerprint density at radius 3 is 2.14 bits per heavy atom. The summed E-state index contributed by atoms with van der Waals surface area (Å²) in [6, 6.07) is 0. The minimum absolute atomic E-state index is 0.218. The van der Waals surface area contributed by atoms with Gasteiger partial charge in [0.25, 0.3) is 0 Å². The molecule has 2 nitrogen and oxygen atoms in total. The van der Waals surface area contributed by atoms with E-state index >= 15 is 0 Å². The van der Waals surface area contributed by atoms with Crippen molar-refractivity contribution >= 4 is 0 Å². The van der Waals surface area contributed by atoms with Gasteiger partial charge in [-0.15, -0.1) is 0 Å². The Kier molecular flexibility index (Phi) is 2.23. The maximum Gasteiger partial charge on any atom is 0.150 e. The maximum absolute atomic E-state index is 13.3. The van der Waals surface area contributed by atoms with Gasteiger partial charge in [-0.2, -0.15) is 0 Å². The SMILES string of the molecule is OC1(c2c(F)cncc2F)CCCC1. The molecule has 1 aromatic rings. The zero-order valence-electron chi connectivity index (χ0n) is 7.63. The van der Waals surface area contributed by atoms with Crippen molar-refractivity contribution < 1.29 is 13.9 Å². The first kappa shape index (κ1) is 9.52. The molecule has 0 aliphatic heterocycles. The Bertz CT molecular complexity index is 328. The summed E-state index contributed by atoms with van der Waals surface area (Å²) in [4.78, 5) is 3.39. The summed E-state index contributed by atoms with van der Waals surface area (Å²) >= 11 is 0. The molecule has 0 atom stereocenters. The molecular formula is C10H11F2NO. The topological polar surface area (TPSA) is 33.1 Å². The van der Waals surface area contributed by atoms with Crippen LogP contribution in [0.3, 0.4) is 0 Å². The predicted molar refractivity (Wildman–Crippen MR) is 46.5 cm³/mol. The third-order valence-corrected chi connectivity index (χ3v) is 2.75. The van der Waals surface area contributed by atoms with Gasteiger partial charge in [-0.1, -0.05) is 12.8 Å². The standard InChI is InChI=1S/C10H11F2NO/c11-7-5-13-6-8(12)9(7)10(14)3-1-2-4-10/h5-6,14H,1-4H2. The quantitative estimate of drug-likeness (QED) is 0.751. The lowest BCUT2D eigenvalue weighted by Gasteiger charge is -2.23. The summed E-state index contributed by atoms with van der Waals surface area (Å²) in [5.41, 5.74) is -1.54. The van der Waals surface area contributed by atoms with Crippen LogP contribution in [-0.4, -0.2) is 10.1 Å². The van der Waals surface area contributed by atoms with E-state index < -0.39 is 17.2 Å². The highest BCUT2D eigenvalue weighted by Gasteiger charge is 2.37. The first-order valence-electron chi connectivity index (χ1n) is 4.65. The fourth-order valence-corrected chi connectivity index (χ4v) is 2.07. The number of rotatable bonds is 1. The van der Waals surface area contributed by atoms with Crippen LogP contribution in [0.1, 0.15) is 31.2 Å². The first-order chi connectivity index (χ1) is 6.63. The normalized spacial score (nSPS) is 19.9. The summed E-state index contributed by atoms with van der Waals surface area (Å²) in [6.07, 6.45) is 4.33. The average Bonchev–Trinajstić information content (AvgIpc) is 2.52. The minimum Gasteiger partial charge on any atom is -0.385 e. The molecule has 76 valence electrons. The van der Waals surface area contributed by atoms with E-state index in [-0.39, 0.29) is 5.56 Å². The van der Waals surface area contributed by atoms with Crippen LogP contribution in [0.15, 0.2) is 12.4 Å². The van der Waals surface area contributed by atoms with E-state index in [1.807, 2.05) is 0 Å². The Hall–Kier alpha value is -1.03. The van der Waals surface area contributed by atoms with Gasteiger partial charge in [-0.05, 0) is 12.8 Å². The van der Waals surface area contributed by atoms with E-state index in [9.17, 15) is 13.9 Å². The second kappa shape index (κ2) is 3.28. The van der Waals surface area contributed by atoms with Crippen molar-refractivity contribution in [3.05, 3.63) is 29.6 Å². The number of halogens is 2. The molecule has 0 spiro atoms. The van der Waals surface area contributed by atoms with Crippen LogP contribution >= 0.6 is 0 Å². The Morgan fingerprint density at radius 2 is 1.64 bits per heavy atom. The van der Waals surface area contributed by atoms with Crippen molar-refractivity contribution in [2.24, 2.45) is 0 Å². The van der Waals surface area contributed by atoms with Gasteiger partial charge in [0.2, 0.25) is 0 Å². The van der Waals surface area contributed by atoms with Crippen molar-refractivity contribution in [1.82, 2.24) is 4.98 Å². The van der Waals surface area contributed by atoms with Gasteiger partial charge in [0.05, 0.1) is 23.6 Å². The number of aromatic nitrogens is 1. The number of hydrogen-bond donors (Lipinski definition) is 1. The molecule has 0 saturated heterocycles. The molecule has 0 unspecified atom stereocenters. The fraction of sp³-hybridized carbons (Fsp3) is 0.500. The molecule has 1 aromatic heterocycles. The molecule has 1 aliphatic carbocycles. The van der Waals surface area contributed by atoms with Gasteiger partial charge in [-0.3, -0.25) is 4.98 Å². The maximum atomic E-state index is 13.3. The van der Waals surface area contributed by atoms with Crippen molar-refractivity contribution in [1.29, 1.82) is 0 Å². The van der Waals surface area contributed by atoms with Gasteiger partial charge in [0, 0.05) is 0 Å². The summed E-state index contributed by atoms with van der Waals surface area (Å²) in [5, 5.41) is 10.0. The van der Waals surface area contributed by atoms with Crippen LogP contribution in [0.25, 0.3) is 0 Å². The lowest BCUT2D eigenvalue weighted by Crippen LogP contribution is -2.24. The van der Waals surface area contributed by atoms with E-state index in [0.29, 0.717) is 12.8 Å². The number of aliphatic hydroxyl groups is 1. The van der Waals surface area contributed by atoms with Crippen molar-refractivity contribution in [2.75, 3.05) is 0 Å². The molecule has 1 saturated carbocycles. The zero-order valence-corrected chi connectivity index (χ0v) is 7.63. The third-order valence-electron chi connectivity index (χ3n) is 2.75. The molecule has 0 amide bonds. The monoisotopic (exact) mass is 199 g/mol. The molecule has 0 aromatic carbocycles. The highest BCUT2D eigenvalue weighted by molar-refractivity contribution is 5.24. The first-order valence-corrected chi connectivity index (χ1v) is 4.65. The average molecular weight is 199 g/mol. The molecule has 14 heavy (non-hydrogen) atoms. The highest BCUT2D eigenvalue weighted by atomic mass is 19.1. The van der Waals surface area contributed by atoms with Crippen molar-refractivity contribution in [3.8, 4) is 0 Å². The molecule has 1 fully saturated rings. The van der Waals surface area contributed by atoms with Gasteiger partial charge in [-0.25, -0.2) is 8.78 Å². The van der Waals surface area contributed by atoms with Crippen molar-refractivity contribution in [2.45, 2.75) is 31.3 Å². The Labute approximate surface area is 80.6 Å². The third kappa shape index (κ3) is 1.39. The summed E-state index contributed by atoms with van der Waals surface area (Å²) < 4.78 is 26.6. The second-order valence-corrected chi connectivity index (χ2v) is 3.72. The van der Waals surface area contributed by atoms with E-state index in [2.05, 4.69) is 4.98 Å². The van der Waals surface area contributed by atoms with Crippen LogP contribution in [0, 0.1) is 11.6 Å². The molecule has 2 rings (SSSR count). The highest BCUT2D eigenvalue weighted by Crippen LogP contribution is 2.40. The van der Waals surface area contributed by atoms with E-state index in [1.165, 1.54) is 0 Å². The fourth-order valence-electron chi connectivity index (χ4n) is 2.07. The zero-order chi connectivity index (χ0) is 10.2. The molecule has 0 bridgehead atoms. The van der Waals surface area contributed by atoms with E-state index in [1.54, 1.807) is 0 Å². The summed E-state index contributed by atoms with van der Waals surface area (Å²) in [7, 11) is 0. The molecule has 1 N–H and O–H groups in total. The van der Waals surface area contributed by atoms with Gasteiger partial charge >= 0.3 is 0 Å². The molecular weight excluding hydrogens is 188 g/mol. The number of nitrogens with zero attached hydrogens (tertiary/aromatic N) is 1. The van der Waals surface area contributed by atoms with Gasteiger partial charge in [0.1, 0.15) is 0 Å². The van der Waals surface area contributed by atoms with Crippen LogP contribution < -0.4 is 0 Å². The van der Waals surface area contributed by atoms with Crippen LogP contribution in [0.5, 0.6) is 0 Å². The lowest BCUT2D eigenvalue weighted by atomic mass is 9.92. The largest absolute Gasteiger partial charge is 0.385 e. The number of pyridine rings is 1. The molecule has 0 radical (unpaired) electrons. The summed E-state index contributed by atoms with van der Waals surface area (Å²) in [5.74, 6) is -1.51. The minimum atomic E-state index is -1.32. The van der Waals surface area contributed by atoms with Gasteiger partial charge < -0.3 is 5.11 Å². The molecule has 4 heteroatoms. The van der Waals surface area contributed by atoms with Crippen LogP contribution in [0.4, 0.5) is 8.78 Å². The van der Waals surface area contributed by atoms with Crippen molar-refractivity contribution in [3.63, 3.8) is 0 Å². The number of hydrogen-bond acceptors (Lipinski definition) is 2. The molecule has 1 heterocycles. The van der Waals surface area contributed by atoms with E-state index in [4.69, 9.17) is 0 Å². The second-order valence-electron chi connectivity index (χ2n) is 3.72. The van der Waals surface area contributed by atoms with Crippen LogP contribution in [-0.2, 0) is 5.60 Å². The lowest BCUT2D eigenvalue weighted by molar-refractivity contribution is 0.0366. The Balaban J connectivity index is 2.49.